The highest BCUT2D eigenvalue weighted by Crippen LogP contribution is 2.33. The van der Waals surface area contributed by atoms with Crippen molar-refractivity contribution in [3.63, 3.8) is 0 Å². The van der Waals surface area contributed by atoms with Crippen LogP contribution in [0.4, 0.5) is 23.7 Å². The van der Waals surface area contributed by atoms with Crippen molar-refractivity contribution >= 4 is 23.8 Å². The SMILES string of the molecule is CN(C)C(=O)CNc1cnn(C)c1-c1cc(OC2CN(C(=O)N3N=CCC3c3cc(F)cc(F)c3)C2)c(F)cn1. The molecule has 1 unspecified atom stereocenters. The summed E-state index contributed by atoms with van der Waals surface area (Å²) in [5, 5.41) is 12.5. The third kappa shape index (κ3) is 5.42. The van der Waals surface area contributed by atoms with Gasteiger partial charge in [-0.1, -0.05) is 0 Å². The highest BCUT2D eigenvalue weighted by molar-refractivity contribution is 5.82. The van der Waals surface area contributed by atoms with Gasteiger partial charge >= 0.3 is 6.03 Å². The first-order chi connectivity index (χ1) is 19.1. The Hall–Kier alpha value is -4.62. The van der Waals surface area contributed by atoms with Crippen LogP contribution in [0.3, 0.4) is 0 Å². The van der Waals surface area contributed by atoms with Crippen molar-refractivity contribution in [2.24, 2.45) is 12.1 Å². The number of carbonyl (C=O) groups excluding carboxylic acids is 2. The molecular weight excluding hydrogens is 529 g/mol. The zero-order valence-corrected chi connectivity index (χ0v) is 22.0. The summed E-state index contributed by atoms with van der Waals surface area (Å²) >= 11 is 0. The van der Waals surface area contributed by atoms with E-state index in [4.69, 9.17) is 4.74 Å². The Bertz CT molecular complexity index is 1450. The number of hydrazone groups is 1. The van der Waals surface area contributed by atoms with Crippen LogP contribution in [0.15, 0.2) is 41.8 Å². The second kappa shape index (κ2) is 10.9. The van der Waals surface area contributed by atoms with Crippen LogP contribution in [0.5, 0.6) is 5.75 Å². The van der Waals surface area contributed by atoms with Crippen LogP contribution in [0.2, 0.25) is 0 Å². The summed E-state index contributed by atoms with van der Waals surface area (Å²) in [4.78, 5) is 32.1. The molecule has 0 bridgehead atoms. The van der Waals surface area contributed by atoms with E-state index >= 15 is 0 Å². The number of benzene rings is 1. The number of rotatable bonds is 7. The van der Waals surface area contributed by atoms with Crippen molar-refractivity contribution in [1.29, 1.82) is 0 Å². The molecule has 2 aromatic heterocycles. The van der Waals surface area contributed by atoms with Gasteiger partial charge in [0.15, 0.2) is 11.6 Å². The Morgan fingerprint density at radius 2 is 1.82 bits per heavy atom. The molecule has 1 N–H and O–H groups in total. The predicted molar refractivity (Wildman–Crippen MR) is 139 cm³/mol. The Kier molecular flexibility index (Phi) is 7.32. The molecule has 3 aromatic rings. The number of halogens is 3. The second-order valence-corrected chi connectivity index (χ2v) is 9.70. The molecule has 0 spiro atoms. The molecule has 5 rings (SSSR count). The molecule has 1 aromatic carbocycles. The number of nitrogens with one attached hydrogen (secondary N) is 1. The van der Waals surface area contributed by atoms with Crippen LogP contribution < -0.4 is 10.1 Å². The number of carbonyl (C=O) groups is 2. The summed E-state index contributed by atoms with van der Waals surface area (Å²) in [5.41, 5.74) is 1.76. The molecule has 0 aliphatic carbocycles. The molecule has 0 radical (unpaired) electrons. The molecule has 210 valence electrons. The van der Waals surface area contributed by atoms with E-state index in [0.717, 1.165) is 12.3 Å². The molecule has 0 saturated carbocycles. The maximum Gasteiger partial charge on any atom is 0.341 e. The summed E-state index contributed by atoms with van der Waals surface area (Å²) in [6.07, 6.45) is 3.93. The van der Waals surface area contributed by atoms with Crippen molar-refractivity contribution in [3.8, 4) is 17.1 Å². The standard InChI is InChI=1S/C26H27F3N8O3/c1-34(2)24(38)12-31-21-11-33-35(3)25(21)20-9-23(19(29)10-30-20)40-18-13-36(14-18)26(39)37-22(4-5-32-37)15-6-16(27)8-17(28)7-15/h5-11,18,22,31H,4,12-14H2,1-3H3. The molecule has 40 heavy (non-hydrogen) atoms. The van der Waals surface area contributed by atoms with Crippen molar-refractivity contribution in [3.05, 3.63) is 59.7 Å². The largest absolute Gasteiger partial charge is 0.483 e. The van der Waals surface area contributed by atoms with E-state index < -0.39 is 35.6 Å². The van der Waals surface area contributed by atoms with Gasteiger partial charge in [0.2, 0.25) is 5.91 Å². The Morgan fingerprint density at radius 1 is 1.10 bits per heavy atom. The lowest BCUT2D eigenvalue weighted by Gasteiger charge is -2.41. The number of anilines is 1. The van der Waals surface area contributed by atoms with Crippen LogP contribution in [-0.4, -0.2) is 87.6 Å². The third-order valence-electron chi connectivity index (χ3n) is 6.64. The number of urea groups is 1. The van der Waals surface area contributed by atoms with E-state index in [9.17, 15) is 22.8 Å². The minimum atomic E-state index is -0.735. The van der Waals surface area contributed by atoms with Gasteiger partial charge in [-0.25, -0.2) is 23.0 Å². The normalized spacial score (nSPS) is 16.7. The highest BCUT2D eigenvalue weighted by atomic mass is 19.1. The van der Waals surface area contributed by atoms with Crippen LogP contribution >= 0.6 is 0 Å². The summed E-state index contributed by atoms with van der Waals surface area (Å²) < 4.78 is 49.5. The second-order valence-electron chi connectivity index (χ2n) is 9.70. The first-order valence-corrected chi connectivity index (χ1v) is 12.5. The van der Waals surface area contributed by atoms with Crippen molar-refractivity contribution in [2.45, 2.75) is 18.6 Å². The minimum Gasteiger partial charge on any atom is -0.483 e. The number of aryl methyl sites for hydroxylation is 1. The molecule has 11 nitrogen and oxygen atoms in total. The van der Waals surface area contributed by atoms with Gasteiger partial charge in [0.25, 0.3) is 0 Å². The number of nitrogens with zero attached hydrogens (tertiary/aromatic N) is 7. The Morgan fingerprint density at radius 3 is 2.52 bits per heavy atom. The fourth-order valence-electron chi connectivity index (χ4n) is 4.48. The maximum atomic E-state index is 14.6. The van der Waals surface area contributed by atoms with Gasteiger partial charge in [-0.15, -0.1) is 0 Å². The van der Waals surface area contributed by atoms with Crippen LogP contribution in [0, 0.1) is 17.5 Å². The van der Waals surface area contributed by atoms with E-state index in [1.54, 1.807) is 32.0 Å². The summed E-state index contributed by atoms with van der Waals surface area (Å²) in [7, 11) is 4.99. The molecule has 1 atom stereocenters. The number of likely N-dealkylation sites (tertiary alicyclic amines) is 1. The van der Waals surface area contributed by atoms with Gasteiger partial charge in [0.05, 0.1) is 49.5 Å². The molecule has 2 aliphatic rings. The zero-order chi connectivity index (χ0) is 28.6. The summed E-state index contributed by atoms with van der Waals surface area (Å²) in [6, 6.07) is 3.49. The Balaban J connectivity index is 1.24. The van der Waals surface area contributed by atoms with Crippen LogP contribution in [0.25, 0.3) is 11.4 Å². The average Bonchev–Trinajstić information content (AvgIpc) is 3.51. The number of amides is 3. The van der Waals surface area contributed by atoms with Gasteiger partial charge < -0.3 is 19.9 Å². The lowest BCUT2D eigenvalue weighted by atomic mass is 10.0. The third-order valence-corrected chi connectivity index (χ3v) is 6.64. The molecule has 1 saturated heterocycles. The van der Waals surface area contributed by atoms with E-state index in [2.05, 4.69) is 20.5 Å². The number of hydrogen-bond acceptors (Lipinski definition) is 7. The topological polar surface area (TPSA) is 108 Å². The molecular formula is C26H27F3N8O3. The fraction of sp³-hybridized carbons (Fsp3) is 0.346. The zero-order valence-electron chi connectivity index (χ0n) is 22.0. The van der Waals surface area contributed by atoms with Crippen LogP contribution in [0.1, 0.15) is 18.0 Å². The van der Waals surface area contributed by atoms with Gasteiger partial charge in [-0.2, -0.15) is 10.2 Å². The average molecular weight is 557 g/mol. The number of ether oxygens (including phenoxy) is 1. The molecule has 3 amide bonds. The van der Waals surface area contributed by atoms with E-state index in [1.807, 2.05) is 0 Å². The maximum absolute atomic E-state index is 14.6. The highest BCUT2D eigenvalue weighted by Gasteiger charge is 2.39. The van der Waals surface area contributed by atoms with Gasteiger partial charge in [-0.05, 0) is 17.7 Å². The van der Waals surface area contributed by atoms with E-state index in [0.29, 0.717) is 29.1 Å². The number of likely N-dealkylation sites (N-methyl/N-ethyl adjacent to an activating group) is 1. The first-order valence-electron chi connectivity index (χ1n) is 12.5. The van der Waals surface area contributed by atoms with E-state index in [-0.39, 0.29) is 31.3 Å². The fourth-order valence-corrected chi connectivity index (χ4v) is 4.48. The predicted octanol–water partition coefficient (Wildman–Crippen LogP) is 3.02. The minimum absolute atomic E-state index is 0.0399. The van der Waals surface area contributed by atoms with Crippen molar-refractivity contribution in [2.75, 3.05) is 39.0 Å². The number of aromatic nitrogens is 3. The van der Waals surface area contributed by atoms with Gasteiger partial charge in [0.1, 0.15) is 23.4 Å². The first kappa shape index (κ1) is 27.0. The van der Waals surface area contributed by atoms with Crippen molar-refractivity contribution < 1.29 is 27.5 Å². The molecule has 14 heteroatoms. The lowest BCUT2D eigenvalue weighted by Crippen LogP contribution is -2.58. The quantitative estimate of drug-likeness (QED) is 0.480. The van der Waals surface area contributed by atoms with Crippen molar-refractivity contribution in [1.82, 2.24) is 29.6 Å². The molecule has 2 aliphatic heterocycles. The lowest BCUT2D eigenvalue weighted by molar-refractivity contribution is -0.126. The van der Waals surface area contributed by atoms with Gasteiger partial charge in [-0.3, -0.25) is 14.5 Å². The smallest absolute Gasteiger partial charge is 0.341 e. The Labute approximate surface area is 227 Å². The van der Waals surface area contributed by atoms with Crippen LogP contribution in [-0.2, 0) is 11.8 Å². The summed E-state index contributed by atoms with van der Waals surface area (Å²) in [5.74, 6) is -2.33. The number of pyridine rings is 1. The number of hydrogen-bond donors (Lipinski definition) is 1. The molecule has 1 fully saturated rings. The summed E-state index contributed by atoms with van der Waals surface area (Å²) in [6.45, 7) is 0.368. The monoisotopic (exact) mass is 556 g/mol. The van der Waals surface area contributed by atoms with Gasteiger partial charge in [0, 0.05) is 45.9 Å². The van der Waals surface area contributed by atoms with E-state index in [1.165, 1.54) is 39.2 Å². The molecule has 4 heterocycles.